The van der Waals surface area contributed by atoms with E-state index < -0.39 is 0 Å². The summed E-state index contributed by atoms with van der Waals surface area (Å²) in [6.45, 7) is 6.72. The molecule has 6 nitrogen and oxygen atoms in total. The number of nitrogens with zero attached hydrogens (tertiary/aromatic N) is 5. The Morgan fingerprint density at radius 1 is 0.429 bits per heavy atom. The van der Waals surface area contributed by atoms with Gasteiger partial charge in [-0.25, -0.2) is 4.98 Å². The van der Waals surface area contributed by atoms with Crippen molar-refractivity contribution < 1.29 is 9.30 Å². The van der Waals surface area contributed by atoms with E-state index in [9.17, 15) is 0 Å². The fourth-order valence-corrected chi connectivity index (χ4v) is 10.5. The third-order valence-electron chi connectivity index (χ3n) is 13.8. The zero-order valence-corrected chi connectivity index (χ0v) is 39.2. The molecule has 0 spiro atoms. The summed E-state index contributed by atoms with van der Waals surface area (Å²) in [5.74, 6) is 2.37. The molecule has 0 fully saturated rings. The predicted molar refractivity (Wildman–Crippen MR) is 287 cm³/mol. The van der Waals surface area contributed by atoms with Crippen LogP contribution in [0.1, 0.15) is 26.3 Å². The van der Waals surface area contributed by atoms with Gasteiger partial charge in [-0.3, -0.25) is 4.57 Å². The van der Waals surface area contributed by atoms with Crippen LogP contribution in [0.5, 0.6) is 11.5 Å². The second kappa shape index (κ2) is 16.4. The maximum Gasteiger partial charge on any atom is 0.255 e. The first-order valence-electron chi connectivity index (χ1n) is 23.9. The summed E-state index contributed by atoms with van der Waals surface area (Å²) in [4.78, 5) is 4.90. The Labute approximate surface area is 406 Å². The highest BCUT2D eigenvalue weighted by molar-refractivity contribution is 6.10. The van der Waals surface area contributed by atoms with Crippen molar-refractivity contribution in [2.75, 3.05) is 0 Å². The molecule has 0 aliphatic carbocycles. The Bertz CT molecular complexity index is 4020. The van der Waals surface area contributed by atoms with Gasteiger partial charge in [-0.2, -0.15) is 9.13 Å². The van der Waals surface area contributed by atoms with Gasteiger partial charge in [-0.15, -0.1) is 0 Å². The fourth-order valence-electron chi connectivity index (χ4n) is 10.5. The predicted octanol–water partition coefficient (Wildman–Crippen LogP) is 15.9. The van der Waals surface area contributed by atoms with Gasteiger partial charge in [0.25, 0.3) is 6.33 Å². The first-order valence-corrected chi connectivity index (χ1v) is 23.9. The lowest BCUT2D eigenvalue weighted by Crippen LogP contribution is -2.31. The average molecular weight is 903 g/mol. The van der Waals surface area contributed by atoms with Gasteiger partial charge in [0.1, 0.15) is 28.7 Å². The van der Waals surface area contributed by atoms with E-state index in [2.05, 4.69) is 264 Å². The van der Waals surface area contributed by atoms with E-state index in [4.69, 9.17) is 9.72 Å². The zero-order chi connectivity index (χ0) is 46.9. The van der Waals surface area contributed by atoms with Crippen LogP contribution in [-0.4, -0.2) is 18.7 Å². The zero-order valence-electron chi connectivity index (χ0n) is 39.2. The molecule has 0 bridgehead atoms. The molecule has 0 atom stereocenters. The number of hydrogen-bond donors (Lipinski definition) is 0. The van der Waals surface area contributed by atoms with Crippen molar-refractivity contribution in [2.45, 2.75) is 26.2 Å². The summed E-state index contributed by atoms with van der Waals surface area (Å²) >= 11 is 0. The Morgan fingerprint density at radius 2 is 0.971 bits per heavy atom. The van der Waals surface area contributed by atoms with Crippen molar-refractivity contribution in [2.24, 2.45) is 0 Å². The minimum absolute atomic E-state index is 0.0204. The van der Waals surface area contributed by atoms with Crippen LogP contribution in [0, 0.1) is 0 Å². The van der Waals surface area contributed by atoms with Crippen LogP contribution in [0.4, 0.5) is 0 Å². The molecule has 0 amide bonds. The quantitative estimate of drug-likeness (QED) is 0.143. The van der Waals surface area contributed by atoms with Crippen molar-refractivity contribution in [3.05, 3.63) is 243 Å². The van der Waals surface area contributed by atoms with Gasteiger partial charge < -0.3 is 9.30 Å². The molecule has 0 unspecified atom stereocenters. The van der Waals surface area contributed by atoms with Crippen molar-refractivity contribution >= 4 is 54.6 Å². The highest BCUT2D eigenvalue weighted by Gasteiger charge is 2.27. The number of aromatic nitrogens is 5. The summed E-state index contributed by atoms with van der Waals surface area (Å²) in [6.07, 6.45) is 4.16. The Kier molecular flexibility index (Phi) is 9.63. The molecule has 4 heterocycles. The molecule has 13 aromatic rings. The number of pyridine rings is 1. The van der Waals surface area contributed by atoms with Crippen molar-refractivity contribution in [1.29, 1.82) is 0 Å². The second-order valence-electron chi connectivity index (χ2n) is 19.1. The lowest BCUT2D eigenvalue weighted by molar-refractivity contribution is -0.566. The van der Waals surface area contributed by atoms with Crippen molar-refractivity contribution in [1.82, 2.24) is 18.7 Å². The maximum atomic E-state index is 6.82. The normalized spacial score (nSPS) is 11.9. The lowest BCUT2D eigenvalue weighted by atomic mass is 9.88. The maximum absolute atomic E-state index is 6.82. The molecule has 0 aliphatic rings. The minimum Gasteiger partial charge on any atom is -0.457 e. The van der Waals surface area contributed by atoms with Crippen LogP contribution in [0.3, 0.4) is 0 Å². The van der Waals surface area contributed by atoms with Gasteiger partial charge in [0.2, 0.25) is 0 Å². The van der Waals surface area contributed by atoms with Gasteiger partial charge in [0.05, 0.1) is 22.1 Å². The summed E-state index contributed by atoms with van der Waals surface area (Å²) in [5.41, 5.74) is 15.5. The topological polar surface area (TPSA) is 40.8 Å². The van der Waals surface area contributed by atoms with E-state index in [1.54, 1.807) is 0 Å². The van der Waals surface area contributed by atoms with E-state index in [0.29, 0.717) is 0 Å². The fraction of sp³-hybridized carbons (Fsp3) is 0.0625. The number of benzene rings is 9. The molecule has 0 N–H and O–H groups in total. The molecule has 0 radical (unpaired) electrons. The molecule has 70 heavy (non-hydrogen) atoms. The summed E-state index contributed by atoms with van der Waals surface area (Å²) in [6, 6.07) is 80.1. The minimum atomic E-state index is -0.0204. The number of imidazole rings is 1. The first kappa shape index (κ1) is 41.2. The SMILES string of the molecule is CC(C)(C)c1ccnc(-n2c3ccccc3c3ccc(Oc4cccc(-n5c[n+](-c6c(-c7ccccc7)cc(-n7c8ccccc8c8ccccc87)cc6-c6ccccc6)c6ccccc65)c4)cc32)c1. The number of ether oxygens (including phenoxy) is 1. The van der Waals surface area contributed by atoms with Crippen LogP contribution in [-0.2, 0) is 5.41 Å². The number of rotatable bonds is 8. The third kappa shape index (κ3) is 6.87. The third-order valence-corrected chi connectivity index (χ3v) is 13.8. The molecule has 13 rings (SSSR count). The molecular weight excluding hydrogens is 855 g/mol. The van der Waals surface area contributed by atoms with Gasteiger partial charge in [-0.1, -0.05) is 154 Å². The van der Waals surface area contributed by atoms with E-state index in [1.807, 2.05) is 12.3 Å². The van der Waals surface area contributed by atoms with Crippen molar-refractivity contribution in [3.63, 3.8) is 0 Å². The van der Waals surface area contributed by atoms with E-state index in [-0.39, 0.29) is 5.41 Å². The van der Waals surface area contributed by atoms with E-state index in [1.165, 1.54) is 32.8 Å². The summed E-state index contributed by atoms with van der Waals surface area (Å²) in [5, 5.41) is 4.79. The summed E-state index contributed by atoms with van der Waals surface area (Å²) in [7, 11) is 0. The summed E-state index contributed by atoms with van der Waals surface area (Å²) < 4.78 is 16.2. The lowest BCUT2D eigenvalue weighted by Gasteiger charge is -2.20. The standard InChI is InChI=1S/C64H48N5O/c1-64(2,3)45-35-36-65-62(37-45)69-58-30-15-12-27-52(58)53-34-33-49(41-61(53)69)70-48-24-18-23-46(38-48)66-42-67(60-32-17-16-31-59(60)66)63-54(43-19-6-4-7-20-43)39-47(40-55(63)44-21-8-5-9-22-44)68-56-28-13-10-25-50(56)51-26-11-14-29-57(51)68/h4-42H,1-3H3/q+1. The average Bonchev–Trinajstić information content (AvgIpc) is 4.07. The van der Waals surface area contributed by atoms with E-state index >= 15 is 0 Å². The van der Waals surface area contributed by atoms with Crippen LogP contribution >= 0.6 is 0 Å². The van der Waals surface area contributed by atoms with Gasteiger partial charge >= 0.3 is 0 Å². The Morgan fingerprint density at radius 3 is 1.60 bits per heavy atom. The molecular formula is C64H48N5O+. The number of fused-ring (bicyclic) bond motifs is 7. The molecule has 0 aliphatic heterocycles. The monoisotopic (exact) mass is 902 g/mol. The number of para-hydroxylation sites is 5. The van der Waals surface area contributed by atoms with Crippen LogP contribution in [0.2, 0.25) is 0 Å². The Balaban J connectivity index is 0.970. The molecule has 6 heteroatoms. The van der Waals surface area contributed by atoms with Crippen LogP contribution in [0.15, 0.2) is 237 Å². The van der Waals surface area contributed by atoms with E-state index in [0.717, 1.165) is 84.1 Å². The second-order valence-corrected chi connectivity index (χ2v) is 19.1. The van der Waals surface area contributed by atoms with Gasteiger partial charge in [-0.05, 0) is 101 Å². The Hall–Kier alpha value is -9.00. The molecule has 0 saturated heterocycles. The molecule has 0 saturated carbocycles. The highest BCUT2D eigenvalue weighted by atomic mass is 16.5. The van der Waals surface area contributed by atoms with Gasteiger partial charge in [0, 0.05) is 56.7 Å². The van der Waals surface area contributed by atoms with Crippen molar-refractivity contribution in [3.8, 4) is 56.6 Å². The number of hydrogen-bond acceptors (Lipinski definition) is 2. The highest BCUT2D eigenvalue weighted by Crippen LogP contribution is 2.41. The molecule has 4 aromatic heterocycles. The first-order chi connectivity index (χ1) is 34.4. The van der Waals surface area contributed by atoms with Gasteiger partial charge in [0.15, 0.2) is 11.0 Å². The van der Waals surface area contributed by atoms with Crippen LogP contribution < -0.4 is 9.30 Å². The largest absolute Gasteiger partial charge is 0.457 e. The molecule has 9 aromatic carbocycles. The molecule has 334 valence electrons. The smallest absolute Gasteiger partial charge is 0.255 e. The van der Waals surface area contributed by atoms with Crippen LogP contribution in [0.25, 0.3) is 99.8 Å².